The number of piperazine rings is 1. The molecule has 1 N–H and O–H groups in total. The molecule has 0 aromatic rings. The van der Waals surface area contributed by atoms with Crippen molar-refractivity contribution in [2.24, 2.45) is 0 Å². The van der Waals surface area contributed by atoms with Crippen LogP contribution in [-0.2, 0) is 14.3 Å². The Hall–Kier alpha value is -1.10. The minimum absolute atomic E-state index is 0.0301. The summed E-state index contributed by atoms with van der Waals surface area (Å²) in [5.41, 5.74) is -0.596. The number of nitrogens with zero attached hydrogens (tertiary/aromatic N) is 1. The highest BCUT2D eigenvalue weighted by atomic mass is 16.5. The summed E-state index contributed by atoms with van der Waals surface area (Å²) < 4.78 is 5.07. The van der Waals surface area contributed by atoms with Gasteiger partial charge in [-0.05, 0) is 19.3 Å². The van der Waals surface area contributed by atoms with Gasteiger partial charge in [-0.3, -0.25) is 9.59 Å². The van der Waals surface area contributed by atoms with Crippen molar-refractivity contribution < 1.29 is 14.3 Å². The van der Waals surface area contributed by atoms with Crippen molar-refractivity contribution in [3.8, 4) is 0 Å². The highest BCUT2D eigenvalue weighted by Crippen LogP contribution is 2.38. The second-order valence-corrected chi connectivity index (χ2v) is 5.16. The summed E-state index contributed by atoms with van der Waals surface area (Å²) in [5, 5.41) is 2.88. The number of rotatable bonds is 4. The van der Waals surface area contributed by atoms with E-state index < -0.39 is 5.54 Å². The van der Waals surface area contributed by atoms with Crippen molar-refractivity contribution >= 4 is 11.8 Å². The third-order valence-electron chi connectivity index (χ3n) is 4.17. The summed E-state index contributed by atoms with van der Waals surface area (Å²) in [6.07, 6.45) is 4.24. The molecule has 1 atom stereocenters. The average Bonchev–Trinajstić information content (AvgIpc) is 2.84. The summed E-state index contributed by atoms with van der Waals surface area (Å²) in [5.74, 6) is 0.0820. The van der Waals surface area contributed by atoms with Crippen molar-refractivity contribution in [2.45, 2.75) is 50.6 Å². The third kappa shape index (κ3) is 2.00. The molecule has 1 aliphatic carbocycles. The number of carbonyl (C=O) groups is 2. The predicted octanol–water partition coefficient (Wildman–Crippen LogP) is 0.683. The average molecular weight is 254 g/mol. The van der Waals surface area contributed by atoms with Gasteiger partial charge in [0, 0.05) is 13.7 Å². The van der Waals surface area contributed by atoms with E-state index in [1.165, 1.54) is 0 Å². The molecular weight excluding hydrogens is 232 g/mol. The Labute approximate surface area is 108 Å². The van der Waals surface area contributed by atoms with Crippen LogP contribution in [0.25, 0.3) is 0 Å². The van der Waals surface area contributed by atoms with Crippen LogP contribution in [0.3, 0.4) is 0 Å². The zero-order valence-corrected chi connectivity index (χ0v) is 11.2. The molecule has 1 spiro atoms. The van der Waals surface area contributed by atoms with Gasteiger partial charge < -0.3 is 15.0 Å². The fourth-order valence-corrected chi connectivity index (χ4v) is 3.12. The van der Waals surface area contributed by atoms with Crippen LogP contribution in [-0.4, -0.2) is 48.6 Å². The summed E-state index contributed by atoms with van der Waals surface area (Å²) in [7, 11) is 1.62. The van der Waals surface area contributed by atoms with Crippen LogP contribution in [0, 0.1) is 0 Å². The van der Waals surface area contributed by atoms with Gasteiger partial charge in [0.1, 0.15) is 11.6 Å². The van der Waals surface area contributed by atoms with Gasteiger partial charge >= 0.3 is 0 Å². The summed E-state index contributed by atoms with van der Waals surface area (Å²) in [6, 6.07) is -0.361. The molecule has 5 nitrogen and oxygen atoms in total. The first-order chi connectivity index (χ1) is 8.65. The van der Waals surface area contributed by atoms with E-state index in [4.69, 9.17) is 4.74 Å². The monoisotopic (exact) mass is 254 g/mol. The molecule has 18 heavy (non-hydrogen) atoms. The first-order valence-corrected chi connectivity index (χ1v) is 6.77. The largest absolute Gasteiger partial charge is 0.383 e. The number of amides is 2. The van der Waals surface area contributed by atoms with Crippen molar-refractivity contribution in [1.29, 1.82) is 0 Å². The maximum absolute atomic E-state index is 12.4. The van der Waals surface area contributed by atoms with E-state index in [1.807, 2.05) is 6.92 Å². The molecule has 0 bridgehead atoms. The van der Waals surface area contributed by atoms with E-state index in [2.05, 4.69) is 5.32 Å². The first kappa shape index (κ1) is 13.3. The molecule has 0 aromatic heterocycles. The summed E-state index contributed by atoms with van der Waals surface area (Å²) >= 11 is 0. The second-order valence-electron chi connectivity index (χ2n) is 5.16. The van der Waals surface area contributed by atoms with Crippen LogP contribution in [0.5, 0.6) is 0 Å². The predicted molar refractivity (Wildman–Crippen MR) is 67.0 cm³/mol. The van der Waals surface area contributed by atoms with E-state index in [9.17, 15) is 9.59 Å². The van der Waals surface area contributed by atoms with E-state index in [0.717, 1.165) is 25.7 Å². The van der Waals surface area contributed by atoms with Crippen LogP contribution in [0.4, 0.5) is 0 Å². The van der Waals surface area contributed by atoms with Crippen molar-refractivity contribution in [2.75, 3.05) is 20.3 Å². The Morgan fingerprint density at radius 2 is 2.06 bits per heavy atom. The zero-order chi connectivity index (χ0) is 13.2. The van der Waals surface area contributed by atoms with Gasteiger partial charge in [-0.25, -0.2) is 0 Å². The van der Waals surface area contributed by atoms with Gasteiger partial charge in [-0.15, -0.1) is 0 Å². The number of methoxy groups -OCH3 is 1. The Balaban J connectivity index is 2.25. The Kier molecular flexibility index (Phi) is 3.90. The highest BCUT2D eigenvalue weighted by Gasteiger charge is 2.52. The minimum Gasteiger partial charge on any atom is -0.383 e. The molecule has 1 aliphatic heterocycles. The molecular formula is C13H22N2O3. The maximum Gasteiger partial charge on any atom is 0.246 e. The van der Waals surface area contributed by atoms with Gasteiger partial charge in [0.15, 0.2) is 0 Å². The molecule has 0 aromatic carbocycles. The molecule has 5 heteroatoms. The van der Waals surface area contributed by atoms with Crippen molar-refractivity contribution in [1.82, 2.24) is 10.2 Å². The molecule has 1 saturated carbocycles. The van der Waals surface area contributed by atoms with E-state index >= 15 is 0 Å². The quantitative estimate of drug-likeness (QED) is 0.802. The zero-order valence-electron chi connectivity index (χ0n) is 11.2. The smallest absolute Gasteiger partial charge is 0.246 e. The molecule has 1 saturated heterocycles. The summed E-state index contributed by atoms with van der Waals surface area (Å²) in [4.78, 5) is 26.6. The highest BCUT2D eigenvalue weighted by molar-refractivity contribution is 6.00. The molecule has 102 valence electrons. The lowest BCUT2D eigenvalue weighted by molar-refractivity contribution is -0.158. The van der Waals surface area contributed by atoms with Gasteiger partial charge in [0.2, 0.25) is 11.8 Å². The van der Waals surface area contributed by atoms with Crippen LogP contribution >= 0.6 is 0 Å². The Morgan fingerprint density at radius 1 is 1.39 bits per heavy atom. The fraction of sp³-hybridized carbons (Fsp3) is 0.846. The lowest BCUT2D eigenvalue weighted by atomic mass is 9.89. The maximum atomic E-state index is 12.4. The molecule has 2 amide bonds. The van der Waals surface area contributed by atoms with Gasteiger partial charge in [-0.2, -0.15) is 0 Å². The normalized spacial score (nSPS) is 26.8. The number of hydrogen-bond donors (Lipinski definition) is 1. The Bertz CT molecular complexity index is 337. The fourth-order valence-electron chi connectivity index (χ4n) is 3.12. The van der Waals surface area contributed by atoms with Crippen LogP contribution in [0.15, 0.2) is 0 Å². The lowest BCUT2D eigenvalue weighted by Crippen LogP contribution is -2.70. The topological polar surface area (TPSA) is 58.6 Å². The first-order valence-electron chi connectivity index (χ1n) is 6.77. The number of carbonyl (C=O) groups excluding carboxylic acids is 2. The molecule has 2 aliphatic rings. The minimum atomic E-state index is -0.596. The van der Waals surface area contributed by atoms with Gasteiger partial charge in [0.25, 0.3) is 0 Å². The molecule has 2 rings (SSSR count). The standard InChI is InChI=1S/C13H22N2O3/c1-3-10-11(16)15(8-9-18-2)13(12(17)14-10)6-4-5-7-13/h10H,3-9H2,1-2H3,(H,14,17). The van der Waals surface area contributed by atoms with Crippen molar-refractivity contribution in [3.63, 3.8) is 0 Å². The van der Waals surface area contributed by atoms with Gasteiger partial charge in [-0.1, -0.05) is 19.8 Å². The second kappa shape index (κ2) is 5.26. The lowest BCUT2D eigenvalue weighted by Gasteiger charge is -2.46. The van der Waals surface area contributed by atoms with Gasteiger partial charge in [0.05, 0.1) is 6.61 Å². The van der Waals surface area contributed by atoms with E-state index in [0.29, 0.717) is 19.6 Å². The van der Waals surface area contributed by atoms with E-state index in [-0.39, 0.29) is 17.9 Å². The SMILES string of the molecule is CCC1NC(=O)C2(CCCC2)N(CCOC)C1=O. The third-order valence-corrected chi connectivity index (χ3v) is 4.17. The van der Waals surface area contributed by atoms with Crippen LogP contribution in [0.1, 0.15) is 39.0 Å². The molecule has 1 heterocycles. The number of hydrogen-bond acceptors (Lipinski definition) is 3. The number of ether oxygens (including phenoxy) is 1. The van der Waals surface area contributed by atoms with Crippen molar-refractivity contribution in [3.05, 3.63) is 0 Å². The summed E-state index contributed by atoms with van der Waals surface area (Å²) in [6.45, 7) is 2.92. The number of nitrogens with one attached hydrogen (secondary N) is 1. The van der Waals surface area contributed by atoms with E-state index in [1.54, 1.807) is 12.0 Å². The Morgan fingerprint density at radius 3 is 2.61 bits per heavy atom. The van der Waals surface area contributed by atoms with Crippen LogP contribution < -0.4 is 5.32 Å². The van der Waals surface area contributed by atoms with Crippen LogP contribution in [0.2, 0.25) is 0 Å². The molecule has 0 radical (unpaired) electrons. The molecule has 1 unspecified atom stereocenters. The molecule has 2 fully saturated rings.